The van der Waals surface area contributed by atoms with E-state index >= 15 is 0 Å². The Kier molecular flexibility index (Phi) is 4.39. The largest absolute Gasteiger partial charge is 0.393 e. The van der Waals surface area contributed by atoms with E-state index in [0.717, 1.165) is 0 Å². The predicted octanol–water partition coefficient (Wildman–Crippen LogP) is 1.87. The zero-order valence-corrected chi connectivity index (χ0v) is 10.2. The van der Waals surface area contributed by atoms with Gasteiger partial charge in [-0.25, -0.2) is 4.98 Å². The van der Waals surface area contributed by atoms with E-state index in [0.29, 0.717) is 12.0 Å². The number of pyridine rings is 1. The molecule has 17 heavy (non-hydrogen) atoms. The van der Waals surface area contributed by atoms with Gasteiger partial charge in [-0.2, -0.15) is 0 Å². The number of nitrogens with one attached hydrogen (secondary N) is 1. The van der Waals surface area contributed by atoms with E-state index in [4.69, 9.17) is 0 Å². The number of hydrogen-bond acceptors (Lipinski definition) is 5. The number of aryl methyl sites for hydroxylation is 1. The van der Waals surface area contributed by atoms with Crippen molar-refractivity contribution in [1.82, 2.24) is 4.98 Å². The van der Waals surface area contributed by atoms with Gasteiger partial charge in [-0.1, -0.05) is 0 Å². The Morgan fingerprint density at radius 3 is 2.76 bits per heavy atom. The fourth-order valence-corrected chi connectivity index (χ4v) is 1.69. The van der Waals surface area contributed by atoms with Gasteiger partial charge in [0.2, 0.25) is 5.82 Å². The molecule has 1 rings (SSSR count). The molecule has 0 saturated heterocycles. The quantitative estimate of drug-likeness (QED) is 0.605. The number of aliphatic hydroxyl groups excluding tert-OH is 1. The van der Waals surface area contributed by atoms with Crippen LogP contribution in [-0.4, -0.2) is 27.2 Å². The van der Waals surface area contributed by atoms with Crippen LogP contribution in [0.2, 0.25) is 0 Å². The molecule has 2 N–H and O–H groups in total. The Morgan fingerprint density at radius 1 is 1.59 bits per heavy atom. The molecular weight excluding hydrogens is 222 g/mol. The first-order valence-corrected chi connectivity index (χ1v) is 5.46. The normalized spacial score (nSPS) is 14.1. The average molecular weight is 239 g/mol. The van der Waals surface area contributed by atoms with Crippen molar-refractivity contribution >= 4 is 11.5 Å². The Hall–Kier alpha value is -1.69. The van der Waals surface area contributed by atoms with Crippen molar-refractivity contribution in [3.8, 4) is 0 Å². The van der Waals surface area contributed by atoms with Gasteiger partial charge in [-0.05, 0) is 33.3 Å². The molecule has 2 unspecified atom stereocenters. The smallest absolute Gasteiger partial charge is 0.314 e. The third-order valence-corrected chi connectivity index (χ3v) is 2.39. The number of aliphatic hydroxyl groups is 1. The van der Waals surface area contributed by atoms with E-state index in [1.807, 2.05) is 6.92 Å². The lowest BCUT2D eigenvalue weighted by Crippen LogP contribution is -2.22. The van der Waals surface area contributed by atoms with Crippen LogP contribution in [0.25, 0.3) is 0 Å². The first-order chi connectivity index (χ1) is 7.91. The van der Waals surface area contributed by atoms with Gasteiger partial charge in [0, 0.05) is 17.8 Å². The molecule has 94 valence electrons. The van der Waals surface area contributed by atoms with Gasteiger partial charge in [0.1, 0.15) is 0 Å². The number of rotatable bonds is 5. The van der Waals surface area contributed by atoms with Gasteiger partial charge in [0.25, 0.3) is 0 Å². The zero-order chi connectivity index (χ0) is 13.0. The van der Waals surface area contributed by atoms with Crippen molar-refractivity contribution in [2.24, 2.45) is 0 Å². The first kappa shape index (κ1) is 13.4. The fourth-order valence-electron chi connectivity index (χ4n) is 1.69. The molecule has 0 aliphatic carbocycles. The molecule has 0 bridgehead atoms. The van der Waals surface area contributed by atoms with E-state index < -0.39 is 11.0 Å². The second kappa shape index (κ2) is 5.58. The Bertz CT molecular complexity index is 407. The van der Waals surface area contributed by atoms with Crippen LogP contribution in [-0.2, 0) is 0 Å². The Labute approximate surface area is 99.8 Å². The monoisotopic (exact) mass is 239 g/mol. The minimum atomic E-state index is -0.457. The molecule has 1 aromatic heterocycles. The third-order valence-electron chi connectivity index (χ3n) is 2.39. The molecule has 0 amide bonds. The van der Waals surface area contributed by atoms with Crippen LogP contribution < -0.4 is 5.32 Å². The lowest BCUT2D eigenvalue weighted by Gasteiger charge is -2.16. The molecular formula is C11H17N3O3. The molecule has 1 aromatic rings. The van der Waals surface area contributed by atoms with E-state index in [1.165, 1.54) is 6.20 Å². The molecule has 0 aliphatic heterocycles. The summed E-state index contributed by atoms with van der Waals surface area (Å²) in [7, 11) is 0. The van der Waals surface area contributed by atoms with Crippen molar-refractivity contribution in [3.63, 3.8) is 0 Å². The maximum absolute atomic E-state index is 10.9. The lowest BCUT2D eigenvalue weighted by molar-refractivity contribution is -0.384. The van der Waals surface area contributed by atoms with Crippen LogP contribution in [0.4, 0.5) is 11.5 Å². The SMILES string of the molecule is Cc1ccnc(NC(C)CC(C)O)c1[N+](=O)[O-]. The molecule has 1 heterocycles. The van der Waals surface area contributed by atoms with Crippen molar-refractivity contribution in [3.05, 3.63) is 27.9 Å². The summed E-state index contributed by atoms with van der Waals surface area (Å²) in [5.74, 6) is 0.253. The van der Waals surface area contributed by atoms with Gasteiger partial charge >= 0.3 is 5.69 Å². The van der Waals surface area contributed by atoms with Crippen LogP contribution in [0.15, 0.2) is 12.3 Å². The molecule has 0 aliphatic rings. The van der Waals surface area contributed by atoms with Crippen LogP contribution in [0, 0.1) is 17.0 Å². The van der Waals surface area contributed by atoms with Crippen molar-refractivity contribution in [2.75, 3.05) is 5.32 Å². The minimum absolute atomic E-state index is 0.00931. The highest BCUT2D eigenvalue weighted by Gasteiger charge is 2.20. The number of aromatic nitrogens is 1. The number of anilines is 1. The number of nitrogens with zero attached hydrogens (tertiary/aromatic N) is 2. The predicted molar refractivity (Wildman–Crippen MR) is 65.0 cm³/mol. The fraction of sp³-hybridized carbons (Fsp3) is 0.545. The highest BCUT2D eigenvalue weighted by atomic mass is 16.6. The van der Waals surface area contributed by atoms with Gasteiger partial charge in [0.05, 0.1) is 11.0 Å². The van der Waals surface area contributed by atoms with Crippen LogP contribution in [0.5, 0.6) is 0 Å². The van der Waals surface area contributed by atoms with E-state index in [1.54, 1.807) is 19.9 Å². The van der Waals surface area contributed by atoms with Crippen LogP contribution in [0.3, 0.4) is 0 Å². The summed E-state index contributed by atoms with van der Waals surface area (Å²) in [5.41, 5.74) is 0.557. The van der Waals surface area contributed by atoms with Crippen molar-refractivity contribution in [1.29, 1.82) is 0 Å². The summed E-state index contributed by atoms with van der Waals surface area (Å²) in [6, 6.07) is 1.52. The zero-order valence-electron chi connectivity index (χ0n) is 10.2. The molecule has 0 aromatic carbocycles. The van der Waals surface area contributed by atoms with Crippen molar-refractivity contribution in [2.45, 2.75) is 39.3 Å². The van der Waals surface area contributed by atoms with E-state index in [-0.39, 0.29) is 17.5 Å². The standard InChI is InChI=1S/C11H17N3O3/c1-7-4-5-12-11(10(7)14(16)17)13-8(2)6-9(3)15/h4-5,8-9,15H,6H2,1-3H3,(H,12,13). The van der Waals surface area contributed by atoms with Gasteiger partial charge in [0.15, 0.2) is 0 Å². The molecule has 6 heteroatoms. The van der Waals surface area contributed by atoms with E-state index in [2.05, 4.69) is 10.3 Å². The number of hydrogen-bond donors (Lipinski definition) is 2. The second-order valence-electron chi connectivity index (χ2n) is 4.21. The lowest BCUT2D eigenvalue weighted by atomic mass is 10.1. The molecule has 6 nitrogen and oxygen atoms in total. The Morgan fingerprint density at radius 2 is 2.24 bits per heavy atom. The summed E-state index contributed by atoms with van der Waals surface area (Å²) in [6.45, 7) is 5.20. The van der Waals surface area contributed by atoms with Crippen LogP contribution in [0.1, 0.15) is 25.8 Å². The van der Waals surface area contributed by atoms with Gasteiger partial charge in [-0.3, -0.25) is 10.1 Å². The number of nitro groups is 1. The third kappa shape index (κ3) is 3.67. The highest BCUT2D eigenvalue weighted by molar-refractivity contribution is 5.60. The topological polar surface area (TPSA) is 88.3 Å². The first-order valence-electron chi connectivity index (χ1n) is 5.46. The molecule has 0 fully saturated rings. The summed E-state index contributed by atoms with van der Waals surface area (Å²) < 4.78 is 0. The maximum Gasteiger partial charge on any atom is 0.314 e. The molecule has 0 radical (unpaired) electrons. The Balaban J connectivity index is 2.91. The molecule has 0 saturated carbocycles. The van der Waals surface area contributed by atoms with E-state index in [9.17, 15) is 15.2 Å². The van der Waals surface area contributed by atoms with Crippen molar-refractivity contribution < 1.29 is 10.0 Å². The molecule has 2 atom stereocenters. The maximum atomic E-state index is 10.9. The second-order valence-corrected chi connectivity index (χ2v) is 4.21. The minimum Gasteiger partial charge on any atom is -0.393 e. The van der Waals surface area contributed by atoms with Crippen LogP contribution >= 0.6 is 0 Å². The summed E-state index contributed by atoms with van der Waals surface area (Å²) >= 11 is 0. The van der Waals surface area contributed by atoms with Gasteiger partial charge < -0.3 is 10.4 Å². The highest BCUT2D eigenvalue weighted by Crippen LogP contribution is 2.26. The molecule has 0 spiro atoms. The summed E-state index contributed by atoms with van der Waals surface area (Å²) in [4.78, 5) is 14.5. The average Bonchev–Trinajstić information content (AvgIpc) is 2.15. The summed E-state index contributed by atoms with van der Waals surface area (Å²) in [6.07, 6.45) is 1.58. The van der Waals surface area contributed by atoms with Gasteiger partial charge in [-0.15, -0.1) is 0 Å². The summed E-state index contributed by atoms with van der Waals surface area (Å²) in [5, 5.41) is 23.1.